The van der Waals surface area contributed by atoms with E-state index in [-0.39, 0.29) is 22.5 Å². The van der Waals surface area contributed by atoms with Gasteiger partial charge in [0.05, 0.1) is 5.92 Å². The van der Waals surface area contributed by atoms with E-state index in [1.807, 2.05) is 26.0 Å². The minimum atomic E-state index is -0.757. The number of benzene rings is 1. The number of carboxylic acids is 1. The molecule has 4 atom stereocenters. The van der Waals surface area contributed by atoms with Gasteiger partial charge in [-0.3, -0.25) is 9.59 Å². The Morgan fingerprint density at radius 2 is 2.14 bits per heavy atom. The van der Waals surface area contributed by atoms with Crippen LogP contribution in [0, 0.1) is 17.8 Å². The van der Waals surface area contributed by atoms with Crippen LogP contribution in [0.15, 0.2) is 18.2 Å². The average molecular weight is 284 g/mol. The van der Waals surface area contributed by atoms with Crippen LogP contribution in [0.4, 0.5) is 0 Å². The third-order valence-corrected chi connectivity index (χ3v) is 6.40. The van der Waals surface area contributed by atoms with Crippen molar-refractivity contribution in [1.29, 1.82) is 0 Å². The molecule has 1 N–H and O–H groups in total. The van der Waals surface area contributed by atoms with Gasteiger partial charge in [0.1, 0.15) is 5.78 Å². The Morgan fingerprint density at radius 3 is 2.86 bits per heavy atom. The highest BCUT2D eigenvalue weighted by atomic mass is 16.4. The number of carboxylic acid groups (broad SMARTS) is 1. The molecule has 1 spiro atoms. The molecule has 4 rings (SSSR count). The monoisotopic (exact) mass is 284 g/mol. The number of Topliss-reactive ketones (excluding diaryl/α,β-unsaturated/α-hetero) is 1. The van der Waals surface area contributed by atoms with Crippen molar-refractivity contribution in [2.45, 2.75) is 51.4 Å². The zero-order valence-electron chi connectivity index (χ0n) is 12.5. The van der Waals surface area contributed by atoms with Gasteiger partial charge in [0.25, 0.3) is 0 Å². The van der Waals surface area contributed by atoms with Gasteiger partial charge in [0, 0.05) is 17.3 Å². The van der Waals surface area contributed by atoms with Crippen molar-refractivity contribution in [2.24, 2.45) is 10.8 Å². The van der Waals surface area contributed by atoms with Gasteiger partial charge in [0.15, 0.2) is 0 Å². The van der Waals surface area contributed by atoms with E-state index in [2.05, 4.69) is 6.07 Å². The summed E-state index contributed by atoms with van der Waals surface area (Å²) in [4.78, 5) is 24.6. The van der Waals surface area contributed by atoms with Crippen LogP contribution in [0.5, 0.6) is 0 Å². The summed E-state index contributed by atoms with van der Waals surface area (Å²) in [7, 11) is 0. The molecule has 3 aliphatic carbocycles. The highest BCUT2D eigenvalue weighted by Crippen LogP contribution is 2.71. The van der Waals surface area contributed by atoms with E-state index < -0.39 is 11.9 Å². The molecule has 3 aliphatic rings. The van der Waals surface area contributed by atoms with Crippen molar-refractivity contribution in [3.63, 3.8) is 0 Å². The average Bonchev–Trinajstić information content (AvgIpc) is 2.79. The fourth-order valence-corrected chi connectivity index (χ4v) is 5.55. The lowest BCUT2D eigenvalue weighted by molar-refractivity contribution is -0.142. The minimum absolute atomic E-state index is 0.244. The van der Waals surface area contributed by atoms with Gasteiger partial charge in [-0.25, -0.2) is 0 Å². The van der Waals surface area contributed by atoms with Crippen LogP contribution in [0.1, 0.15) is 61.1 Å². The Bertz CT molecular complexity index is 677. The predicted molar refractivity (Wildman–Crippen MR) is 78.3 cm³/mol. The smallest absolute Gasteiger partial charge is 0.311 e. The standard InChI is InChI=1S/C18H20O3/c1-10-4-3-5-11-12-6-7-17(2)9-18(12,8-13(17)19)15(14(10)11)16(20)21/h3-5,12,15H,6-9H2,1-2H3,(H,20,21). The summed E-state index contributed by atoms with van der Waals surface area (Å²) in [5.41, 5.74) is 2.59. The molecule has 110 valence electrons. The molecule has 3 nitrogen and oxygen atoms in total. The molecular formula is C18H20O3. The first kappa shape index (κ1) is 13.1. The predicted octanol–water partition coefficient (Wildman–Crippen LogP) is 3.41. The molecule has 2 fully saturated rings. The molecule has 1 aromatic rings. The van der Waals surface area contributed by atoms with Crippen molar-refractivity contribution in [3.8, 4) is 0 Å². The zero-order chi connectivity index (χ0) is 15.0. The van der Waals surface area contributed by atoms with Crippen molar-refractivity contribution in [1.82, 2.24) is 0 Å². The normalized spacial score (nSPS) is 40.0. The van der Waals surface area contributed by atoms with Crippen LogP contribution < -0.4 is 0 Å². The molecule has 2 saturated carbocycles. The van der Waals surface area contributed by atoms with Crippen LogP contribution in [0.3, 0.4) is 0 Å². The molecule has 21 heavy (non-hydrogen) atoms. The van der Waals surface area contributed by atoms with Gasteiger partial charge in [-0.2, -0.15) is 0 Å². The van der Waals surface area contributed by atoms with E-state index in [1.54, 1.807) is 0 Å². The van der Waals surface area contributed by atoms with Crippen LogP contribution >= 0.6 is 0 Å². The number of aliphatic carboxylic acids is 1. The van der Waals surface area contributed by atoms with Gasteiger partial charge in [-0.05, 0) is 48.8 Å². The van der Waals surface area contributed by atoms with E-state index in [4.69, 9.17) is 0 Å². The third-order valence-electron chi connectivity index (χ3n) is 6.40. The highest BCUT2D eigenvalue weighted by Gasteiger charge is 2.66. The maximum Gasteiger partial charge on any atom is 0.311 e. The quantitative estimate of drug-likeness (QED) is 0.859. The Labute approximate surface area is 124 Å². The van der Waals surface area contributed by atoms with Crippen LogP contribution in [0.25, 0.3) is 0 Å². The number of rotatable bonds is 1. The number of carbonyl (C=O) groups excluding carboxylic acids is 1. The lowest BCUT2D eigenvalue weighted by Crippen LogP contribution is -2.36. The van der Waals surface area contributed by atoms with Crippen LogP contribution in [-0.2, 0) is 9.59 Å². The number of fused-ring (bicyclic) bond motifs is 3. The maximum atomic E-state index is 12.5. The second-order valence-electron chi connectivity index (χ2n) is 7.51. The van der Waals surface area contributed by atoms with Gasteiger partial charge in [-0.1, -0.05) is 25.1 Å². The molecule has 0 saturated heterocycles. The summed E-state index contributed by atoms with van der Waals surface area (Å²) in [5, 5.41) is 9.90. The molecule has 3 heteroatoms. The summed E-state index contributed by atoms with van der Waals surface area (Å²) in [6.07, 6.45) is 3.04. The first-order valence-electron chi connectivity index (χ1n) is 7.75. The topological polar surface area (TPSA) is 54.4 Å². The largest absolute Gasteiger partial charge is 0.481 e. The first-order chi connectivity index (χ1) is 9.89. The Morgan fingerprint density at radius 1 is 1.38 bits per heavy atom. The van der Waals surface area contributed by atoms with Crippen molar-refractivity contribution in [3.05, 3.63) is 34.9 Å². The molecule has 0 amide bonds. The molecule has 1 aromatic carbocycles. The van der Waals surface area contributed by atoms with E-state index >= 15 is 0 Å². The number of ketones is 1. The minimum Gasteiger partial charge on any atom is -0.481 e. The van der Waals surface area contributed by atoms with Gasteiger partial charge in [-0.15, -0.1) is 0 Å². The number of hydrogen-bond acceptors (Lipinski definition) is 2. The van der Waals surface area contributed by atoms with Gasteiger partial charge in [0.2, 0.25) is 0 Å². The lowest BCUT2D eigenvalue weighted by atomic mass is 9.61. The Balaban J connectivity index is 1.98. The fourth-order valence-electron chi connectivity index (χ4n) is 5.55. The molecule has 0 aliphatic heterocycles. The summed E-state index contributed by atoms with van der Waals surface area (Å²) in [5.74, 6) is -0.744. The molecule has 0 radical (unpaired) electrons. The van der Waals surface area contributed by atoms with E-state index in [9.17, 15) is 14.7 Å². The van der Waals surface area contributed by atoms with E-state index in [1.165, 1.54) is 5.56 Å². The third kappa shape index (κ3) is 1.39. The molecule has 2 bridgehead atoms. The molecule has 0 heterocycles. The maximum absolute atomic E-state index is 12.5. The fraction of sp³-hybridized carbons (Fsp3) is 0.556. The summed E-state index contributed by atoms with van der Waals surface area (Å²) in [6.45, 7) is 4.04. The van der Waals surface area contributed by atoms with Crippen molar-refractivity contribution in [2.75, 3.05) is 0 Å². The molecular weight excluding hydrogens is 264 g/mol. The molecule has 4 unspecified atom stereocenters. The SMILES string of the molecule is Cc1cccc2c1C(C(=O)O)C13CC(=O)C(C)(CCC21)C3. The van der Waals surface area contributed by atoms with Crippen LogP contribution in [0.2, 0.25) is 0 Å². The second-order valence-corrected chi connectivity index (χ2v) is 7.51. The zero-order valence-corrected chi connectivity index (χ0v) is 12.5. The Hall–Kier alpha value is -1.64. The van der Waals surface area contributed by atoms with Crippen molar-refractivity contribution >= 4 is 11.8 Å². The van der Waals surface area contributed by atoms with E-state index in [0.29, 0.717) is 6.42 Å². The molecule has 0 aromatic heterocycles. The summed E-state index contributed by atoms with van der Waals surface area (Å²) in [6, 6.07) is 6.11. The van der Waals surface area contributed by atoms with Gasteiger partial charge >= 0.3 is 5.97 Å². The summed E-state index contributed by atoms with van der Waals surface area (Å²) >= 11 is 0. The number of carbonyl (C=O) groups is 2. The Kier molecular flexibility index (Phi) is 2.34. The lowest BCUT2D eigenvalue weighted by Gasteiger charge is -2.41. The summed E-state index contributed by atoms with van der Waals surface area (Å²) < 4.78 is 0. The highest BCUT2D eigenvalue weighted by molar-refractivity contribution is 5.92. The number of aryl methyl sites for hydroxylation is 1. The first-order valence-corrected chi connectivity index (χ1v) is 7.75. The van der Waals surface area contributed by atoms with Crippen molar-refractivity contribution < 1.29 is 14.7 Å². The van der Waals surface area contributed by atoms with E-state index in [0.717, 1.165) is 30.4 Å². The van der Waals surface area contributed by atoms with Gasteiger partial charge < -0.3 is 5.11 Å². The second kappa shape index (κ2) is 3.76. The van der Waals surface area contributed by atoms with Crippen LogP contribution in [-0.4, -0.2) is 16.9 Å². The number of hydrogen-bond donors (Lipinski definition) is 1.